The van der Waals surface area contributed by atoms with Gasteiger partial charge in [0.05, 0.1) is 13.0 Å². The van der Waals surface area contributed by atoms with E-state index in [1.807, 2.05) is 6.92 Å². The Hall–Kier alpha value is -0.610. The van der Waals surface area contributed by atoms with E-state index in [0.29, 0.717) is 6.54 Å². The summed E-state index contributed by atoms with van der Waals surface area (Å²) < 4.78 is 4.61. The second kappa shape index (κ2) is 4.75. The molecule has 4 nitrogen and oxygen atoms in total. The number of aliphatic hydroxyl groups is 1. The summed E-state index contributed by atoms with van der Waals surface area (Å²) >= 11 is 0. The van der Waals surface area contributed by atoms with Crippen LogP contribution in [-0.4, -0.2) is 37.9 Å². The molecule has 0 saturated heterocycles. The lowest BCUT2D eigenvalue weighted by Gasteiger charge is -2.15. The molecule has 0 bridgehead atoms. The van der Waals surface area contributed by atoms with Crippen molar-refractivity contribution in [3.05, 3.63) is 0 Å². The van der Waals surface area contributed by atoms with Crippen LogP contribution < -0.4 is 5.32 Å². The number of rotatable bonds is 6. The van der Waals surface area contributed by atoms with E-state index in [9.17, 15) is 4.79 Å². The molecule has 1 aliphatic carbocycles. The Morgan fingerprint density at radius 3 is 2.71 bits per heavy atom. The van der Waals surface area contributed by atoms with E-state index in [-0.39, 0.29) is 23.9 Å². The lowest BCUT2D eigenvalue weighted by molar-refractivity contribution is -0.144. The molecule has 0 amide bonds. The molecule has 0 heterocycles. The van der Waals surface area contributed by atoms with Crippen LogP contribution in [0.4, 0.5) is 0 Å². The van der Waals surface area contributed by atoms with Gasteiger partial charge in [-0.25, -0.2) is 0 Å². The van der Waals surface area contributed by atoms with Gasteiger partial charge in [-0.1, -0.05) is 6.92 Å². The van der Waals surface area contributed by atoms with Crippen molar-refractivity contribution in [1.29, 1.82) is 0 Å². The monoisotopic (exact) mass is 201 g/mol. The average molecular weight is 201 g/mol. The minimum Gasteiger partial charge on any atom is -0.469 e. The minimum atomic E-state index is -0.189. The second-order valence-corrected chi connectivity index (χ2v) is 4.21. The number of aliphatic hydroxyl groups excluding tert-OH is 1. The molecule has 0 spiro atoms. The maximum Gasteiger partial charge on any atom is 0.309 e. The lowest BCUT2D eigenvalue weighted by atomic mass is 10.1. The number of ether oxygens (including phenoxy) is 1. The third-order valence-electron chi connectivity index (χ3n) is 2.85. The van der Waals surface area contributed by atoms with E-state index in [4.69, 9.17) is 5.11 Å². The third kappa shape index (κ3) is 2.96. The van der Waals surface area contributed by atoms with Gasteiger partial charge in [0.2, 0.25) is 0 Å². The van der Waals surface area contributed by atoms with Crippen LogP contribution in [0.1, 0.15) is 19.8 Å². The fourth-order valence-corrected chi connectivity index (χ4v) is 1.41. The smallest absolute Gasteiger partial charge is 0.309 e. The zero-order chi connectivity index (χ0) is 10.6. The molecule has 2 N–H and O–H groups in total. The molecular formula is C10H19NO3. The Balaban J connectivity index is 2.12. The number of methoxy groups -OCH3 is 1. The summed E-state index contributed by atoms with van der Waals surface area (Å²) in [6, 6.07) is 0. The Kier molecular flexibility index (Phi) is 3.89. The first-order valence-electron chi connectivity index (χ1n) is 5.03. The summed E-state index contributed by atoms with van der Waals surface area (Å²) in [7, 11) is 1.40. The van der Waals surface area contributed by atoms with E-state index in [1.165, 1.54) is 7.11 Å². The van der Waals surface area contributed by atoms with Crippen LogP contribution in [0.5, 0.6) is 0 Å². The summed E-state index contributed by atoms with van der Waals surface area (Å²) in [6.45, 7) is 3.49. The summed E-state index contributed by atoms with van der Waals surface area (Å²) in [5, 5.41) is 12.2. The van der Waals surface area contributed by atoms with E-state index in [1.54, 1.807) is 0 Å². The molecule has 14 heavy (non-hydrogen) atoms. The van der Waals surface area contributed by atoms with Crippen LogP contribution in [0.15, 0.2) is 0 Å². The summed E-state index contributed by atoms with van der Waals surface area (Å²) in [5.41, 5.74) is 0.107. The van der Waals surface area contributed by atoms with Gasteiger partial charge in [-0.2, -0.15) is 0 Å². The molecule has 82 valence electrons. The number of esters is 1. The molecule has 1 aliphatic rings. The van der Waals surface area contributed by atoms with Crippen molar-refractivity contribution in [2.75, 3.05) is 26.8 Å². The predicted molar refractivity (Wildman–Crippen MR) is 52.8 cm³/mol. The summed E-state index contributed by atoms with van der Waals surface area (Å²) in [4.78, 5) is 11.0. The standard InChI is InChI=1S/C10H19NO3/c1-8(9(13)14-2)5-11-6-10(7-12)3-4-10/h8,11-12H,3-7H2,1-2H3. The predicted octanol–water partition coefficient (Wildman–Crippen LogP) is 0.158. The number of carbonyl (C=O) groups is 1. The summed E-state index contributed by atoms with van der Waals surface area (Å²) in [6.07, 6.45) is 2.17. The van der Waals surface area contributed by atoms with Gasteiger partial charge in [0.25, 0.3) is 0 Å². The first-order chi connectivity index (χ1) is 6.63. The Labute approximate surface area is 84.6 Å². The number of hydrogen-bond donors (Lipinski definition) is 2. The molecule has 0 radical (unpaired) electrons. The van der Waals surface area contributed by atoms with Crippen molar-refractivity contribution >= 4 is 5.97 Å². The zero-order valence-electron chi connectivity index (χ0n) is 8.88. The molecule has 0 aliphatic heterocycles. The van der Waals surface area contributed by atoms with E-state index < -0.39 is 0 Å². The van der Waals surface area contributed by atoms with Crippen LogP contribution in [0, 0.1) is 11.3 Å². The third-order valence-corrected chi connectivity index (χ3v) is 2.85. The zero-order valence-corrected chi connectivity index (χ0v) is 8.88. The Morgan fingerprint density at radius 2 is 2.29 bits per heavy atom. The highest BCUT2D eigenvalue weighted by molar-refractivity contribution is 5.71. The molecule has 1 rings (SSSR count). The van der Waals surface area contributed by atoms with Crippen molar-refractivity contribution in [3.8, 4) is 0 Å². The van der Waals surface area contributed by atoms with Crippen molar-refractivity contribution in [1.82, 2.24) is 5.32 Å². The molecule has 1 atom stereocenters. The summed E-state index contributed by atoms with van der Waals surface area (Å²) in [5.74, 6) is -0.305. The highest BCUT2D eigenvalue weighted by Crippen LogP contribution is 2.44. The van der Waals surface area contributed by atoms with E-state index in [0.717, 1.165) is 19.4 Å². The molecule has 1 saturated carbocycles. The first kappa shape index (κ1) is 11.5. The van der Waals surface area contributed by atoms with Crippen LogP contribution >= 0.6 is 0 Å². The molecular weight excluding hydrogens is 182 g/mol. The lowest BCUT2D eigenvalue weighted by Crippen LogP contribution is -2.32. The average Bonchev–Trinajstić information content (AvgIpc) is 2.97. The Morgan fingerprint density at radius 1 is 1.64 bits per heavy atom. The van der Waals surface area contributed by atoms with Crippen LogP contribution in [0.2, 0.25) is 0 Å². The van der Waals surface area contributed by atoms with E-state index >= 15 is 0 Å². The second-order valence-electron chi connectivity index (χ2n) is 4.21. The molecule has 0 aromatic carbocycles. The van der Waals surface area contributed by atoms with Gasteiger partial charge < -0.3 is 15.2 Å². The first-order valence-corrected chi connectivity index (χ1v) is 5.03. The SMILES string of the molecule is COC(=O)C(C)CNCC1(CO)CC1. The Bertz CT molecular complexity index is 202. The van der Waals surface area contributed by atoms with Crippen LogP contribution in [0.3, 0.4) is 0 Å². The highest BCUT2D eigenvalue weighted by atomic mass is 16.5. The van der Waals surface area contributed by atoms with Gasteiger partial charge in [0.1, 0.15) is 0 Å². The fraction of sp³-hybridized carbons (Fsp3) is 0.900. The number of nitrogens with one attached hydrogen (secondary N) is 1. The van der Waals surface area contributed by atoms with Gasteiger partial charge in [-0.05, 0) is 12.8 Å². The molecule has 1 unspecified atom stereocenters. The molecule has 0 aromatic rings. The van der Waals surface area contributed by atoms with Gasteiger partial charge in [0.15, 0.2) is 0 Å². The minimum absolute atomic E-state index is 0.107. The van der Waals surface area contributed by atoms with Crippen molar-refractivity contribution in [2.24, 2.45) is 11.3 Å². The van der Waals surface area contributed by atoms with E-state index in [2.05, 4.69) is 10.1 Å². The highest BCUT2D eigenvalue weighted by Gasteiger charge is 2.41. The van der Waals surface area contributed by atoms with Crippen molar-refractivity contribution in [3.63, 3.8) is 0 Å². The largest absolute Gasteiger partial charge is 0.469 e. The normalized spacial score (nSPS) is 20.2. The van der Waals surface area contributed by atoms with Crippen LogP contribution in [-0.2, 0) is 9.53 Å². The molecule has 4 heteroatoms. The number of hydrogen-bond acceptors (Lipinski definition) is 4. The van der Waals surface area contributed by atoms with Gasteiger partial charge in [-0.15, -0.1) is 0 Å². The van der Waals surface area contributed by atoms with Crippen LogP contribution in [0.25, 0.3) is 0 Å². The molecule has 0 aromatic heterocycles. The fourth-order valence-electron chi connectivity index (χ4n) is 1.41. The maximum absolute atomic E-state index is 11.0. The quantitative estimate of drug-likeness (QED) is 0.601. The number of carbonyl (C=O) groups excluding carboxylic acids is 1. The van der Waals surface area contributed by atoms with Gasteiger partial charge in [0, 0.05) is 25.1 Å². The van der Waals surface area contributed by atoms with Crippen molar-refractivity contribution < 1.29 is 14.6 Å². The van der Waals surface area contributed by atoms with Gasteiger partial charge in [-0.3, -0.25) is 4.79 Å². The topological polar surface area (TPSA) is 58.6 Å². The maximum atomic E-state index is 11.0. The van der Waals surface area contributed by atoms with Gasteiger partial charge >= 0.3 is 5.97 Å². The van der Waals surface area contributed by atoms with Crippen molar-refractivity contribution in [2.45, 2.75) is 19.8 Å². The molecule has 1 fully saturated rings.